The Morgan fingerprint density at radius 2 is 2.24 bits per heavy atom. The Morgan fingerprint density at radius 3 is 2.88 bits per heavy atom. The van der Waals surface area contributed by atoms with E-state index in [0.717, 1.165) is 40.9 Å². The van der Waals surface area contributed by atoms with Crippen molar-refractivity contribution in [3.05, 3.63) is 27.1 Å². The normalized spacial score (nSPS) is 11.5. The van der Waals surface area contributed by atoms with E-state index in [9.17, 15) is 4.79 Å². The first-order valence-electron chi connectivity index (χ1n) is 6.11. The van der Waals surface area contributed by atoms with E-state index < -0.39 is 0 Å². The maximum absolute atomic E-state index is 12.0. The van der Waals surface area contributed by atoms with Crippen LogP contribution in [0.25, 0.3) is 10.2 Å². The Bertz CT molecular complexity index is 568. The molecule has 1 N–H and O–H groups in total. The van der Waals surface area contributed by atoms with Crippen LogP contribution in [0.3, 0.4) is 0 Å². The number of nitrogens with zero attached hydrogens (tertiary/aromatic N) is 1. The quantitative estimate of drug-likeness (QED) is 0.906. The lowest BCUT2D eigenvalue weighted by Gasteiger charge is -2.03. The van der Waals surface area contributed by atoms with Crippen molar-refractivity contribution >= 4 is 21.6 Å². The molecule has 17 heavy (non-hydrogen) atoms. The lowest BCUT2D eigenvalue weighted by molar-refractivity contribution is 0.651. The summed E-state index contributed by atoms with van der Waals surface area (Å²) in [6.45, 7) is 6.41. The maximum Gasteiger partial charge on any atom is 0.259 e. The number of aromatic nitrogens is 2. The zero-order valence-corrected chi connectivity index (χ0v) is 11.4. The van der Waals surface area contributed by atoms with Gasteiger partial charge >= 0.3 is 0 Å². The van der Waals surface area contributed by atoms with E-state index in [1.54, 1.807) is 11.3 Å². The van der Waals surface area contributed by atoms with Crippen molar-refractivity contribution in [2.24, 2.45) is 5.92 Å². The minimum Gasteiger partial charge on any atom is -0.310 e. The molecule has 2 aromatic heterocycles. The molecule has 0 spiro atoms. The zero-order chi connectivity index (χ0) is 12.4. The van der Waals surface area contributed by atoms with Gasteiger partial charge in [0.25, 0.3) is 5.56 Å². The smallest absolute Gasteiger partial charge is 0.259 e. The summed E-state index contributed by atoms with van der Waals surface area (Å²) in [4.78, 5) is 20.3. The van der Waals surface area contributed by atoms with Crippen molar-refractivity contribution < 1.29 is 0 Å². The molecule has 0 bridgehead atoms. The second kappa shape index (κ2) is 5.00. The number of hydrogen-bond acceptors (Lipinski definition) is 3. The molecule has 0 aliphatic rings. The highest BCUT2D eigenvalue weighted by Gasteiger charge is 2.11. The lowest BCUT2D eigenvalue weighted by atomic mass is 10.0. The third-order valence-electron chi connectivity index (χ3n) is 2.68. The number of hydrogen-bond donors (Lipinski definition) is 1. The second-order valence-corrected chi connectivity index (χ2v) is 5.66. The Hall–Kier alpha value is -1.16. The second-order valence-electron chi connectivity index (χ2n) is 4.80. The van der Waals surface area contributed by atoms with Crippen LogP contribution < -0.4 is 5.56 Å². The Balaban J connectivity index is 2.51. The number of nitrogens with one attached hydrogen (secondary N) is 1. The molecule has 92 valence electrons. The van der Waals surface area contributed by atoms with E-state index in [1.807, 2.05) is 0 Å². The molecule has 0 aliphatic heterocycles. The standard InChI is InChI=1S/C13H18N2OS/c1-4-5-10-14-12(16)11-9(6-8(2)3)7-17-13(11)15-10/h7-8H,4-6H2,1-3H3,(H,14,15,16). The van der Waals surface area contributed by atoms with Crippen molar-refractivity contribution in [1.29, 1.82) is 0 Å². The van der Waals surface area contributed by atoms with Gasteiger partial charge in [0.1, 0.15) is 10.7 Å². The Morgan fingerprint density at radius 1 is 1.47 bits per heavy atom. The van der Waals surface area contributed by atoms with Gasteiger partial charge in [-0.3, -0.25) is 4.79 Å². The van der Waals surface area contributed by atoms with Crippen LogP contribution in [0.4, 0.5) is 0 Å². The predicted molar refractivity (Wildman–Crippen MR) is 72.8 cm³/mol. The van der Waals surface area contributed by atoms with Crippen molar-refractivity contribution in [2.75, 3.05) is 0 Å². The molecule has 0 atom stereocenters. The van der Waals surface area contributed by atoms with Gasteiger partial charge in [0.15, 0.2) is 0 Å². The van der Waals surface area contributed by atoms with Gasteiger partial charge < -0.3 is 4.98 Å². The fourth-order valence-corrected chi connectivity index (χ4v) is 2.97. The van der Waals surface area contributed by atoms with Gasteiger partial charge in [0.05, 0.1) is 5.39 Å². The van der Waals surface area contributed by atoms with E-state index in [1.165, 1.54) is 0 Å². The summed E-state index contributed by atoms with van der Waals surface area (Å²) in [6.07, 6.45) is 2.78. The van der Waals surface area contributed by atoms with Gasteiger partial charge in [-0.25, -0.2) is 4.98 Å². The summed E-state index contributed by atoms with van der Waals surface area (Å²) in [5.41, 5.74) is 1.16. The van der Waals surface area contributed by atoms with Gasteiger partial charge in [-0.1, -0.05) is 20.8 Å². The van der Waals surface area contributed by atoms with Gasteiger partial charge in [0.2, 0.25) is 0 Å². The van der Waals surface area contributed by atoms with Crippen LogP contribution >= 0.6 is 11.3 Å². The average molecular weight is 250 g/mol. The summed E-state index contributed by atoms with van der Waals surface area (Å²) in [6, 6.07) is 0. The van der Waals surface area contributed by atoms with Gasteiger partial charge in [-0.05, 0) is 29.7 Å². The molecular weight excluding hydrogens is 232 g/mol. The average Bonchev–Trinajstić information content (AvgIpc) is 2.61. The molecule has 2 rings (SSSR count). The first-order chi connectivity index (χ1) is 8.11. The number of aromatic amines is 1. The first kappa shape index (κ1) is 12.3. The van der Waals surface area contributed by atoms with Crippen LogP contribution in [0.1, 0.15) is 38.6 Å². The van der Waals surface area contributed by atoms with Crippen molar-refractivity contribution in [3.63, 3.8) is 0 Å². The molecule has 0 amide bonds. The Labute approximate surface area is 105 Å². The van der Waals surface area contributed by atoms with Crippen molar-refractivity contribution in [1.82, 2.24) is 9.97 Å². The van der Waals surface area contributed by atoms with E-state index in [0.29, 0.717) is 5.92 Å². The number of thiophene rings is 1. The molecule has 4 heteroatoms. The number of fused-ring (bicyclic) bond motifs is 1. The molecule has 0 saturated carbocycles. The molecule has 2 heterocycles. The third-order valence-corrected chi connectivity index (χ3v) is 3.61. The van der Waals surface area contributed by atoms with Gasteiger partial charge in [-0.15, -0.1) is 11.3 Å². The van der Waals surface area contributed by atoms with Crippen LogP contribution in [0.15, 0.2) is 10.2 Å². The summed E-state index contributed by atoms with van der Waals surface area (Å²) in [5.74, 6) is 1.37. The molecule has 0 fully saturated rings. The largest absolute Gasteiger partial charge is 0.310 e. The highest BCUT2D eigenvalue weighted by Crippen LogP contribution is 2.23. The summed E-state index contributed by atoms with van der Waals surface area (Å²) >= 11 is 1.58. The molecule has 2 aromatic rings. The number of H-pyrrole nitrogens is 1. The molecule has 0 aromatic carbocycles. The van der Waals surface area contributed by atoms with Crippen LogP contribution in [0, 0.1) is 5.92 Å². The molecule has 0 radical (unpaired) electrons. The van der Waals surface area contributed by atoms with Crippen molar-refractivity contribution in [3.8, 4) is 0 Å². The summed E-state index contributed by atoms with van der Waals surface area (Å²) in [7, 11) is 0. The predicted octanol–water partition coefficient (Wildman–Crippen LogP) is 3.14. The third kappa shape index (κ3) is 2.57. The molecule has 0 aliphatic carbocycles. The topological polar surface area (TPSA) is 45.8 Å². The van der Waals surface area contributed by atoms with E-state index in [-0.39, 0.29) is 5.56 Å². The lowest BCUT2D eigenvalue weighted by Crippen LogP contribution is -2.12. The highest BCUT2D eigenvalue weighted by atomic mass is 32.1. The van der Waals surface area contributed by atoms with Crippen molar-refractivity contribution in [2.45, 2.75) is 40.0 Å². The van der Waals surface area contributed by atoms with Crippen LogP contribution in [-0.2, 0) is 12.8 Å². The van der Waals surface area contributed by atoms with Gasteiger partial charge in [0, 0.05) is 6.42 Å². The van der Waals surface area contributed by atoms with Crippen LogP contribution in [0.2, 0.25) is 0 Å². The van der Waals surface area contributed by atoms with Crippen LogP contribution in [0.5, 0.6) is 0 Å². The Kier molecular flexibility index (Phi) is 3.62. The SMILES string of the molecule is CCCc1nc2scc(CC(C)C)c2c(=O)[nH]1. The monoisotopic (exact) mass is 250 g/mol. The summed E-state index contributed by atoms with van der Waals surface area (Å²) in [5, 5.41) is 2.87. The maximum atomic E-state index is 12.0. The van der Waals surface area contributed by atoms with Crippen LogP contribution in [-0.4, -0.2) is 9.97 Å². The van der Waals surface area contributed by atoms with E-state index in [4.69, 9.17) is 0 Å². The summed E-state index contributed by atoms with van der Waals surface area (Å²) < 4.78 is 0. The minimum absolute atomic E-state index is 0.0235. The minimum atomic E-state index is 0.0235. The molecule has 3 nitrogen and oxygen atoms in total. The van der Waals surface area contributed by atoms with E-state index in [2.05, 4.69) is 36.1 Å². The molecular formula is C13H18N2OS. The first-order valence-corrected chi connectivity index (χ1v) is 6.99. The highest BCUT2D eigenvalue weighted by molar-refractivity contribution is 7.16. The molecule has 0 saturated heterocycles. The number of aryl methyl sites for hydroxylation is 1. The molecule has 0 unspecified atom stereocenters. The fraction of sp³-hybridized carbons (Fsp3) is 0.538. The zero-order valence-electron chi connectivity index (χ0n) is 10.5. The number of rotatable bonds is 4. The van der Waals surface area contributed by atoms with Gasteiger partial charge in [-0.2, -0.15) is 0 Å². The fourth-order valence-electron chi connectivity index (χ4n) is 2.00. The van der Waals surface area contributed by atoms with E-state index >= 15 is 0 Å².